The zero-order chi connectivity index (χ0) is 12.3. The fourth-order valence-corrected chi connectivity index (χ4v) is 2.23. The summed E-state index contributed by atoms with van der Waals surface area (Å²) in [4.78, 5) is 17.2. The van der Waals surface area contributed by atoms with Gasteiger partial charge in [-0.1, -0.05) is 6.92 Å². The van der Waals surface area contributed by atoms with Crippen molar-refractivity contribution in [2.24, 2.45) is 0 Å². The Kier molecular flexibility index (Phi) is 3.97. The predicted molar refractivity (Wildman–Crippen MR) is 69.1 cm³/mol. The van der Waals surface area contributed by atoms with Crippen molar-refractivity contribution in [3.8, 4) is 0 Å². The van der Waals surface area contributed by atoms with Crippen LogP contribution in [0.4, 0.5) is 0 Å². The molecular formula is C13H21N3O. The van der Waals surface area contributed by atoms with Gasteiger partial charge >= 0.3 is 0 Å². The molecule has 17 heavy (non-hydrogen) atoms. The summed E-state index contributed by atoms with van der Waals surface area (Å²) in [7, 11) is 2.11. The lowest BCUT2D eigenvalue weighted by Crippen LogP contribution is -2.31. The maximum atomic E-state index is 11.9. The van der Waals surface area contributed by atoms with E-state index in [4.69, 9.17) is 0 Å². The quantitative estimate of drug-likeness (QED) is 0.761. The topological polar surface area (TPSA) is 48.1 Å². The summed E-state index contributed by atoms with van der Waals surface area (Å²) in [5, 5.41) is 3.28. The third-order valence-electron chi connectivity index (χ3n) is 3.22. The molecule has 2 rings (SSSR count). The molecule has 0 aliphatic carbocycles. The molecule has 2 N–H and O–H groups in total. The van der Waals surface area contributed by atoms with E-state index in [0.717, 1.165) is 43.7 Å². The average Bonchev–Trinajstić information content (AvgIpc) is 2.31. The van der Waals surface area contributed by atoms with Crippen molar-refractivity contribution in [1.82, 2.24) is 15.2 Å². The number of pyridine rings is 1. The van der Waals surface area contributed by atoms with Crippen LogP contribution in [-0.4, -0.2) is 30.0 Å². The maximum absolute atomic E-state index is 11.9. The Hall–Kier alpha value is -1.13. The Morgan fingerprint density at radius 3 is 3.12 bits per heavy atom. The molecule has 4 nitrogen and oxygen atoms in total. The van der Waals surface area contributed by atoms with Crippen molar-refractivity contribution in [2.45, 2.75) is 32.9 Å². The Balaban J connectivity index is 2.17. The Morgan fingerprint density at radius 2 is 2.35 bits per heavy atom. The number of rotatable bonds is 4. The molecule has 1 aliphatic rings. The highest BCUT2D eigenvalue weighted by atomic mass is 16.1. The molecule has 0 saturated carbocycles. The molecule has 0 fully saturated rings. The maximum Gasteiger partial charge on any atom is 0.252 e. The third-order valence-corrected chi connectivity index (χ3v) is 3.22. The Bertz CT molecular complexity index is 439. The van der Waals surface area contributed by atoms with Crippen molar-refractivity contribution in [2.75, 3.05) is 20.1 Å². The second-order valence-corrected chi connectivity index (χ2v) is 4.79. The van der Waals surface area contributed by atoms with Gasteiger partial charge in [-0.05, 0) is 31.6 Å². The van der Waals surface area contributed by atoms with E-state index >= 15 is 0 Å². The van der Waals surface area contributed by atoms with Crippen molar-refractivity contribution >= 4 is 0 Å². The largest absolute Gasteiger partial charge is 0.326 e. The molecule has 0 unspecified atom stereocenters. The van der Waals surface area contributed by atoms with Crippen LogP contribution in [0.2, 0.25) is 0 Å². The van der Waals surface area contributed by atoms with E-state index in [1.807, 2.05) is 0 Å². The number of H-pyrrole nitrogens is 1. The zero-order valence-corrected chi connectivity index (χ0v) is 10.7. The normalized spacial score (nSPS) is 15.9. The average molecular weight is 235 g/mol. The molecule has 1 aromatic heterocycles. The van der Waals surface area contributed by atoms with Crippen molar-refractivity contribution in [3.63, 3.8) is 0 Å². The van der Waals surface area contributed by atoms with Gasteiger partial charge in [-0.2, -0.15) is 0 Å². The van der Waals surface area contributed by atoms with Crippen LogP contribution >= 0.6 is 0 Å². The smallest absolute Gasteiger partial charge is 0.252 e. The van der Waals surface area contributed by atoms with Crippen molar-refractivity contribution in [1.29, 1.82) is 0 Å². The summed E-state index contributed by atoms with van der Waals surface area (Å²) < 4.78 is 0. The van der Waals surface area contributed by atoms with E-state index in [1.165, 1.54) is 5.56 Å². The summed E-state index contributed by atoms with van der Waals surface area (Å²) >= 11 is 0. The van der Waals surface area contributed by atoms with Crippen LogP contribution in [0.3, 0.4) is 0 Å². The first-order valence-electron chi connectivity index (χ1n) is 6.34. The molecule has 0 atom stereocenters. The molecule has 1 aliphatic heterocycles. The van der Waals surface area contributed by atoms with E-state index in [1.54, 1.807) is 0 Å². The second-order valence-electron chi connectivity index (χ2n) is 4.79. The minimum atomic E-state index is 0.0666. The van der Waals surface area contributed by atoms with Gasteiger partial charge in [0.2, 0.25) is 0 Å². The van der Waals surface area contributed by atoms with Crippen LogP contribution in [0, 0.1) is 0 Å². The molecule has 0 aromatic carbocycles. The van der Waals surface area contributed by atoms with Gasteiger partial charge in [0.1, 0.15) is 0 Å². The van der Waals surface area contributed by atoms with E-state index in [9.17, 15) is 4.79 Å². The first kappa shape index (κ1) is 12.3. The SMILES string of the molecule is CCCNCc1cc2c([nH]c1=O)CCN(C)C2. The molecular weight excluding hydrogens is 214 g/mol. The highest BCUT2D eigenvalue weighted by Crippen LogP contribution is 2.14. The number of likely N-dealkylation sites (N-methyl/N-ethyl adjacent to an activating group) is 1. The lowest BCUT2D eigenvalue weighted by atomic mass is 10.0. The Labute approximate surface area is 102 Å². The minimum Gasteiger partial charge on any atom is -0.326 e. The van der Waals surface area contributed by atoms with Crippen LogP contribution in [0.5, 0.6) is 0 Å². The molecule has 0 spiro atoms. The fraction of sp³-hybridized carbons (Fsp3) is 0.615. The van der Waals surface area contributed by atoms with Crippen LogP contribution in [-0.2, 0) is 19.5 Å². The number of aromatic amines is 1. The summed E-state index contributed by atoms with van der Waals surface area (Å²) in [6.07, 6.45) is 2.04. The van der Waals surface area contributed by atoms with Gasteiger partial charge in [-0.3, -0.25) is 4.79 Å². The van der Waals surface area contributed by atoms with Gasteiger partial charge in [-0.15, -0.1) is 0 Å². The second kappa shape index (κ2) is 5.47. The summed E-state index contributed by atoms with van der Waals surface area (Å²) in [5.41, 5.74) is 3.31. The zero-order valence-electron chi connectivity index (χ0n) is 10.7. The first-order chi connectivity index (χ1) is 8.20. The highest BCUT2D eigenvalue weighted by Gasteiger charge is 2.15. The highest BCUT2D eigenvalue weighted by molar-refractivity contribution is 5.27. The number of nitrogens with zero attached hydrogens (tertiary/aromatic N) is 1. The fourth-order valence-electron chi connectivity index (χ4n) is 2.23. The summed E-state index contributed by atoms with van der Waals surface area (Å²) in [6.45, 7) is 5.71. The molecule has 0 saturated heterocycles. The number of fused-ring (bicyclic) bond motifs is 1. The number of hydrogen-bond donors (Lipinski definition) is 2. The van der Waals surface area contributed by atoms with Crippen LogP contribution in [0.25, 0.3) is 0 Å². The number of aromatic nitrogens is 1. The van der Waals surface area contributed by atoms with E-state index < -0.39 is 0 Å². The van der Waals surface area contributed by atoms with E-state index in [2.05, 4.69) is 35.2 Å². The molecule has 1 aromatic rings. The standard InChI is InChI=1S/C13H21N3O/c1-3-5-14-8-10-7-11-9-16(2)6-4-12(11)15-13(10)17/h7,14H,3-6,8-9H2,1-2H3,(H,15,17). The van der Waals surface area contributed by atoms with Gasteiger partial charge in [0.15, 0.2) is 0 Å². The van der Waals surface area contributed by atoms with Crippen molar-refractivity contribution < 1.29 is 0 Å². The molecule has 0 radical (unpaired) electrons. The lowest BCUT2D eigenvalue weighted by molar-refractivity contribution is 0.309. The summed E-state index contributed by atoms with van der Waals surface area (Å²) in [5.74, 6) is 0. The molecule has 0 amide bonds. The van der Waals surface area contributed by atoms with E-state index in [0.29, 0.717) is 6.54 Å². The van der Waals surface area contributed by atoms with Gasteiger partial charge in [0.25, 0.3) is 5.56 Å². The Morgan fingerprint density at radius 1 is 1.53 bits per heavy atom. The summed E-state index contributed by atoms with van der Waals surface area (Å²) in [6, 6.07) is 2.06. The van der Waals surface area contributed by atoms with Gasteiger partial charge in [-0.25, -0.2) is 0 Å². The van der Waals surface area contributed by atoms with Gasteiger partial charge < -0.3 is 15.2 Å². The molecule has 0 bridgehead atoms. The molecule has 94 valence electrons. The predicted octanol–water partition coefficient (Wildman–Crippen LogP) is 0.862. The molecule has 4 heteroatoms. The minimum absolute atomic E-state index is 0.0666. The van der Waals surface area contributed by atoms with Crippen LogP contribution in [0.1, 0.15) is 30.2 Å². The van der Waals surface area contributed by atoms with Crippen LogP contribution < -0.4 is 10.9 Å². The van der Waals surface area contributed by atoms with Gasteiger partial charge in [0.05, 0.1) is 0 Å². The van der Waals surface area contributed by atoms with Crippen LogP contribution in [0.15, 0.2) is 10.9 Å². The third kappa shape index (κ3) is 2.96. The molecule has 2 heterocycles. The lowest BCUT2D eigenvalue weighted by Gasteiger charge is -2.24. The number of hydrogen-bond acceptors (Lipinski definition) is 3. The first-order valence-corrected chi connectivity index (χ1v) is 6.34. The van der Waals surface area contributed by atoms with Gasteiger partial charge in [0, 0.05) is 37.3 Å². The van der Waals surface area contributed by atoms with Crippen molar-refractivity contribution in [3.05, 3.63) is 33.2 Å². The number of nitrogens with one attached hydrogen (secondary N) is 2. The van der Waals surface area contributed by atoms with E-state index in [-0.39, 0.29) is 5.56 Å². The monoisotopic (exact) mass is 235 g/mol.